The Labute approximate surface area is 163 Å². The number of halogens is 1. The Bertz CT molecular complexity index is 1130. The lowest BCUT2D eigenvalue weighted by Gasteiger charge is -2.23. The summed E-state index contributed by atoms with van der Waals surface area (Å²) in [6.45, 7) is 3.65. The highest BCUT2D eigenvalue weighted by Crippen LogP contribution is 2.37. The summed E-state index contributed by atoms with van der Waals surface area (Å²) in [7, 11) is -3.88. The molecule has 0 spiro atoms. The molecule has 0 amide bonds. The Morgan fingerprint density at radius 1 is 1.11 bits per heavy atom. The monoisotopic (exact) mass is 398 g/mol. The zero-order valence-electron chi connectivity index (χ0n) is 15.4. The molecule has 1 atom stereocenters. The van der Waals surface area contributed by atoms with Gasteiger partial charge in [0, 0.05) is 11.7 Å². The molecule has 144 valence electrons. The number of aryl methyl sites for hydroxylation is 1. The van der Waals surface area contributed by atoms with Crippen LogP contribution in [0.1, 0.15) is 18.1 Å². The van der Waals surface area contributed by atoms with Gasteiger partial charge in [-0.25, -0.2) is 12.8 Å². The van der Waals surface area contributed by atoms with Crippen molar-refractivity contribution >= 4 is 27.3 Å². The molecule has 28 heavy (non-hydrogen) atoms. The summed E-state index contributed by atoms with van der Waals surface area (Å²) < 4.78 is 40.8. The maximum atomic E-state index is 13.2. The highest BCUT2D eigenvalue weighted by Gasteiger charge is 2.28. The summed E-state index contributed by atoms with van der Waals surface area (Å²) in [5.41, 5.74) is 2.65. The van der Waals surface area contributed by atoms with E-state index in [0.29, 0.717) is 11.4 Å². The van der Waals surface area contributed by atoms with Crippen molar-refractivity contribution in [2.75, 3.05) is 9.62 Å². The third-order valence-corrected chi connectivity index (χ3v) is 6.28. The van der Waals surface area contributed by atoms with Gasteiger partial charge in [0.25, 0.3) is 10.0 Å². The lowest BCUT2D eigenvalue weighted by Crippen LogP contribution is -2.25. The minimum Gasteiger partial charge on any atom is -0.321 e. The Balaban J connectivity index is 1.59. The molecular formula is C20H19FN4O2S. The van der Waals surface area contributed by atoms with Gasteiger partial charge >= 0.3 is 0 Å². The molecule has 0 aliphatic carbocycles. The van der Waals surface area contributed by atoms with Gasteiger partial charge in [0.15, 0.2) is 11.6 Å². The number of nitrogens with one attached hydrogen (secondary N) is 1. The second-order valence-electron chi connectivity index (χ2n) is 6.84. The SMILES string of the molecule is Cc1cc(F)ccc1S(=O)(=O)Nc1ccc(N2c3ccccc3CC2C)nn1. The number of aromatic nitrogens is 2. The molecule has 0 radical (unpaired) electrons. The quantitative estimate of drug-likeness (QED) is 0.723. The predicted octanol–water partition coefficient (Wildman–Crippen LogP) is 3.81. The number of rotatable bonds is 4. The van der Waals surface area contributed by atoms with Crippen molar-refractivity contribution in [3.8, 4) is 0 Å². The lowest BCUT2D eigenvalue weighted by molar-refractivity contribution is 0.598. The summed E-state index contributed by atoms with van der Waals surface area (Å²) >= 11 is 0. The van der Waals surface area contributed by atoms with Crippen LogP contribution < -0.4 is 9.62 Å². The molecule has 2 aromatic carbocycles. The smallest absolute Gasteiger partial charge is 0.263 e. The van der Waals surface area contributed by atoms with E-state index >= 15 is 0 Å². The maximum Gasteiger partial charge on any atom is 0.263 e. The first-order valence-corrected chi connectivity index (χ1v) is 10.3. The van der Waals surface area contributed by atoms with Crippen LogP contribution in [0.2, 0.25) is 0 Å². The van der Waals surface area contributed by atoms with E-state index in [4.69, 9.17) is 0 Å². The van der Waals surface area contributed by atoms with E-state index in [2.05, 4.69) is 32.8 Å². The van der Waals surface area contributed by atoms with Crippen molar-refractivity contribution < 1.29 is 12.8 Å². The third-order valence-electron chi connectivity index (χ3n) is 4.77. The van der Waals surface area contributed by atoms with Gasteiger partial charge in [0.1, 0.15) is 5.82 Å². The van der Waals surface area contributed by atoms with Gasteiger partial charge in [-0.1, -0.05) is 18.2 Å². The number of anilines is 3. The van der Waals surface area contributed by atoms with Crippen LogP contribution in [-0.4, -0.2) is 24.7 Å². The number of hydrogen-bond donors (Lipinski definition) is 1. The highest BCUT2D eigenvalue weighted by atomic mass is 32.2. The second kappa shape index (κ2) is 6.87. The predicted molar refractivity (Wildman–Crippen MR) is 106 cm³/mol. The summed E-state index contributed by atoms with van der Waals surface area (Å²) in [6.07, 6.45) is 0.913. The van der Waals surface area contributed by atoms with Crippen molar-refractivity contribution in [2.45, 2.75) is 31.2 Å². The molecule has 8 heteroatoms. The topological polar surface area (TPSA) is 75.2 Å². The van der Waals surface area contributed by atoms with Crippen LogP contribution in [0.5, 0.6) is 0 Å². The van der Waals surface area contributed by atoms with Gasteiger partial charge in [-0.05, 0) is 67.8 Å². The standard InChI is InChI=1S/C20H19FN4O2S/c1-13-11-16(21)7-8-18(13)28(26,27)24-19-9-10-20(23-22-19)25-14(2)12-15-5-3-4-6-17(15)25/h3-11,14H,12H2,1-2H3,(H,22,24). The van der Waals surface area contributed by atoms with E-state index in [1.165, 1.54) is 17.7 Å². The number of sulfonamides is 1. The zero-order valence-corrected chi connectivity index (χ0v) is 16.2. The minimum atomic E-state index is -3.88. The van der Waals surface area contributed by atoms with E-state index in [9.17, 15) is 12.8 Å². The largest absolute Gasteiger partial charge is 0.321 e. The summed E-state index contributed by atoms with van der Waals surface area (Å²) in [5.74, 6) is 0.270. The fraction of sp³-hybridized carbons (Fsp3) is 0.200. The van der Waals surface area contributed by atoms with Crippen LogP contribution in [0.4, 0.5) is 21.7 Å². The molecule has 1 aliphatic rings. The molecule has 0 bridgehead atoms. The van der Waals surface area contributed by atoms with Crippen molar-refractivity contribution in [3.05, 3.63) is 71.5 Å². The number of nitrogens with zero attached hydrogens (tertiary/aromatic N) is 3. The molecule has 1 aliphatic heterocycles. The van der Waals surface area contributed by atoms with E-state index in [-0.39, 0.29) is 16.8 Å². The molecule has 0 fully saturated rings. The maximum absolute atomic E-state index is 13.2. The number of hydrogen-bond acceptors (Lipinski definition) is 5. The van der Waals surface area contributed by atoms with Crippen LogP contribution in [0, 0.1) is 12.7 Å². The first-order chi connectivity index (χ1) is 13.3. The average Bonchev–Trinajstić information content (AvgIpc) is 2.97. The van der Waals surface area contributed by atoms with Gasteiger partial charge < -0.3 is 4.90 Å². The van der Waals surface area contributed by atoms with Crippen molar-refractivity contribution in [1.29, 1.82) is 0 Å². The average molecular weight is 398 g/mol. The summed E-state index contributed by atoms with van der Waals surface area (Å²) in [6, 6.07) is 15.2. The van der Waals surface area contributed by atoms with Gasteiger partial charge in [0.05, 0.1) is 4.90 Å². The van der Waals surface area contributed by atoms with Gasteiger partial charge in [-0.2, -0.15) is 0 Å². The molecular weight excluding hydrogens is 379 g/mol. The fourth-order valence-corrected chi connectivity index (χ4v) is 4.75. The van der Waals surface area contributed by atoms with Crippen LogP contribution in [0.3, 0.4) is 0 Å². The van der Waals surface area contributed by atoms with Crippen molar-refractivity contribution in [2.24, 2.45) is 0 Å². The van der Waals surface area contributed by atoms with Gasteiger partial charge in [-0.15, -0.1) is 10.2 Å². The summed E-state index contributed by atoms with van der Waals surface area (Å²) in [4.78, 5) is 2.09. The number of benzene rings is 2. The minimum absolute atomic E-state index is 0.00173. The molecule has 3 aromatic rings. The molecule has 6 nitrogen and oxygen atoms in total. The van der Waals surface area contributed by atoms with Crippen LogP contribution in [0.15, 0.2) is 59.5 Å². The number of fused-ring (bicyclic) bond motifs is 1. The molecule has 2 heterocycles. The zero-order chi connectivity index (χ0) is 19.9. The van der Waals surface area contributed by atoms with Crippen LogP contribution in [-0.2, 0) is 16.4 Å². The Hall–Kier alpha value is -3.00. The highest BCUT2D eigenvalue weighted by molar-refractivity contribution is 7.92. The van der Waals surface area contributed by atoms with E-state index in [0.717, 1.165) is 18.2 Å². The third kappa shape index (κ3) is 3.31. The van der Waals surface area contributed by atoms with Crippen molar-refractivity contribution in [3.63, 3.8) is 0 Å². The normalized spacial score (nSPS) is 16.1. The lowest BCUT2D eigenvalue weighted by atomic mass is 10.1. The first kappa shape index (κ1) is 18.4. The molecule has 0 saturated carbocycles. The van der Waals surface area contributed by atoms with Gasteiger partial charge in [-0.3, -0.25) is 4.72 Å². The second-order valence-corrected chi connectivity index (χ2v) is 8.49. The Kier molecular flexibility index (Phi) is 4.50. The molecule has 1 N–H and O–H groups in total. The van der Waals surface area contributed by atoms with E-state index in [1.54, 1.807) is 19.1 Å². The van der Waals surface area contributed by atoms with Crippen LogP contribution in [0.25, 0.3) is 0 Å². The first-order valence-electron chi connectivity index (χ1n) is 8.85. The number of para-hydroxylation sites is 1. The fourth-order valence-electron chi connectivity index (χ4n) is 3.53. The molecule has 1 unspecified atom stereocenters. The van der Waals surface area contributed by atoms with E-state index < -0.39 is 15.8 Å². The molecule has 4 rings (SSSR count). The molecule has 0 saturated heterocycles. The molecule has 1 aromatic heterocycles. The summed E-state index contributed by atoms with van der Waals surface area (Å²) in [5, 5.41) is 8.25. The van der Waals surface area contributed by atoms with Gasteiger partial charge in [0.2, 0.25) is 0 Å². The van der Waals surface area contributed by atoms with Crippen molar-refractivity contribution in [1.82, 2.24) is 10.2 Å². The van der Waals surface area contributed by atoms with E-state index in [1.807, 2.05) is 18.2 Å². The Morgan fingerprint density at radius 3 is 2.61 bits per heavy atom. The Morgan fingerprint density at radius 2 is 1.89 bits per heavy atom. The van der Waals surface area contributed by atoms with Crippen LogP contribution >= 0.6 is 0 Å².